The number of anilines is 1. The highest BCUT2D eigenvalue weighted by atomic mass is 32.2. The number of hydrogen-bond donors (Lipinski definition) is 2. The van der Waals surface area contributed by atoms with Gasteiger partial charge in [0.05, 0.1) is 0 Å². The van der Waals surface area contributed by atoms with Crippen LogP contribution in [0.3, 0.4) is 0 Å². The summed E-state index contributed by atoms with van der Waals surface area (Å²) < 4.78 is 60.5. The van der Waals surface area contributed by atoms with E-state index in [2.05, 4.69) is 0 Å². The topological polar surface area (TPSA) is 72.2 Å². The maximum absolute atomic E-state index is 12.3. The van der Waals surface area contributed by atoms with Crippen LogP contribution in [0.15, 0.2) is 18.2 Å². The van der Waals surface area contributed by atoms with Crippen LogP contribution in [0.1, 0.15) is 23.6 Å². The molecule has 4 nitrogen and oxygen atoms in total. The molecule has 1 aromatic carbocycles. The molecule has 100 valence electrons. The van der Waals surface area contributed by atoms with Crippen molar-refractivity contribution in [3.63, 3.8) is 0 Å². The van der Waals surface area contributed by atoms with Gasteiger partial charge in [0.1, 0.15) is 0 Å². The molecule has 2 rings (SSSR count). The average Bonchev–Trinajstić information content (AvgIpc) is 2.58. The number of nitrogens with two attached hydrogens (primary N) is 1. The van der Waals surface area contributed by atoms with Crippen LogP contribution in [-0.4, -0.2) is 13.9 Å². The van der Waals surface area contributed by atoms with E-state index in [0.29, 0.717) is 24.1 Å². The van der Waals surface area contributed by atoms with Crippen molar-refractivity contribution in [1.82, 2.24) is 4.72 Å². The summed E-state index contributed by atoms with van der Waals surface area (Å²) in [5, 5.41) is 0. The van der Waals surface area contributed by atoms with Crippen molar-refractivity contribution in [2.24, 2.45) is 0 Å². The number of alkyl halides is 3. The molecule has 3 N–H and O–H groups in total. The highest BCUT2D eigenvalue weighted by Gasteiger charge is 2.47. The summed E-state index contributed by atoms with van der Waals surface area (Å²) in [6.07, 6.45) is 0.805. The summed E-state index contributed by atoms with van der Waals surface area (Å²) in [7, 11) is -5.32. The molecule has 0 radical (unpaired) electrons. The molecule has 1 aromatic rings. The Morgan fingerprint density at radius 1 is 1.33 bits per heavy atom. The molecule has 0 spiro atoms. The van der Waals surface area contributed by atoms with Crippen LogP contribution in [0.2, 0.25) is 0 Å². The van der Waals surface area contributed by atoms with Gasteiger partial charge >= 0.3 is 15.5 Å². The second-order valence-electron chi connectivity index (χ2n) is 4.12. The number of hydrogen-bond acceptors (Lipinski definition) is 3. The third-order valence-electron chi connectivity index (χ3n) is 2.85. The van der Waals surface area contributed by atoms with Crippen molar-refractivity contribution < 1.29 is 21.6 Å². The molecule has 0 saturated heterocycles. The first-order chi connectivity index (χ1) is 8.21. The molecule has 0 amide bonds. The Balaban J connectivity index is 2.26. The van der Waals surface area contributed by atoms with Gasteiger partial charge in [-0.3, -0.25) is 0 Å². The number of sulfonamides is 1. The molecule has 1 atom stereocenters. The summed E-state index contributed by atoms with van der Waals surface area (Å²) in [5.41, 5.74) is 2.11. The zero-order valence-corrected chi connectivity index (χ0v) is 9.98. The van der Waals surface area contributed by atoms with E-state index in [1.54, 1.807) is 22.9 Å². The minimum atomic E-state index is -5.32. The lowest BCUT2D eigenvalue weighted by Crippen LogP contribution is -2.38. The first kappa shape index (κ1) is 13.2. The van der Waals surface area contributed by atoms with Gasteiger partial charge in [-0.25, -0.2) is 8.42 Å². The molecule has 0 aliphatic heterocycles. The highest BCUT2D eigenvalue weighted by Crippen LogP contribution is 2.34. The SMILES string of the molecule is Nc1ccc2c(c1)CCC2NS(=O)(=O)C(F)(F)F. The Morgan fingerprint density at radius 3 is 2.61 bits per heavy atom. The minimum Gasteiger partial charge on any atom is -0.399 e. The minimum absolute atomic E-state index is 0.300. The molecule has 0 heterocycles. The lowest BCUT2D eigenvalue weighted by Gasteiger charge is -2.16. The van der Waals surface area contributed by atoms with Crippen LogP contribution in [-0.2, 0) is 16.4 Å². The van der Waals surface area contributed by atoms with Crippen LogP contribution >= 0.6 is 0 Å². The van der Waals surface area contributed by atoms with E-state index < -0.39 is 21.6 Å². The van der Waals surface area contributed by atoms with Gasteiger partial charge < -0.3 is 5.73 Å². The van der Waals surface area contributed by atoms with E-state index in [0.717, 1.165) is 5.56 Å². The van der Waals surface area contributed by atoms with Crippen LogP contribution in [0.25, 0.3) is 0 Å². The zero-order chi connectivity index (χ0) is 13.6. The predicted molar refractivity (Wildman–Crippen MR) is 60.0 cm³/mol. The van der Waals surface area contributed by atoms with Crippen LogP contribution in [0, 0.1) is 0 Å². The number of aryl methyl sites for hydroxylation is 1. The van der Waals surface area contributed by atoms with E-state index in [4.69, 9.17) is 5.73 Å². The fourth-order valence-corrected chi connectivity index (χ4v) is 2.77. The number of fused-ring (bicyclic) bond motifs is 1. The number of nitrogen functional groups attached to an aromatic ring is 1. The molecule has 1 unspecified atom stereocenters. The fourth-order valence-electron chi connectivity index (χ4n) is 2.01. The Hall–Kier alpha value is -1.28. The van der Waals surface area contributed by atoms with E-state index in [1.165, 1.54) is 0 Å². The first-order valence-electron chi connectivity index (χ1n) is 5.17. The Bertz CT molecular complexity index is 569. The normalized spacial score (nSPS) is 19.8. The molecule has 0 saturated carbocycles. The molecule has 0 bridgehead atoms. The van der Waals surface area contributed by atoms with Crippen molar-refractivity contribution in [2.45, 2.75) is 24.4 Å². The summed E-state index contributed by atoms with van der Waals surface area (Å²) in [4.78, 5) is 0. The van der Waals surface area contributed by atoms with Gasteiger partial charge in [0, 0.05) is 11.7 Å². The van der Waals surface area contributed by atoms with E-state index in [9.17, 15) is 21.6 Å². The van der Waals surface area contributed by atoms with Gasteiger partial charge in [0.2, 0.25) is 0 Å². The zero-order valence-electron chi connectivity index (χ0n) is 9.16. The Kier molecular flexibility index (Phi) is 3.02. The van der Waals surface area contributed by atoms with Crippen LogP contribution in [0.4, 0.5) is 18.9 Å². The molecule has 0 aromatic heterocycles. The van der Waals surface area contributed by atoms with E-state index in [-0.39, 0.29) is 0 Å². The van der Waals surface area contributed by atoms with Crippen LogP contribution in [0.5, 0.6) is 0 Å². The molecule has 18 heavy (non-hydrogen) atoms. The Morgan fingerprint density at radius 2 is 2.00 bits per heavy atom. The largest absolute Gasteiger partial charge is 0.511 e. The summed E-state index contributed by atoms with van der Waals surface area (Å²) in [6.45, 7) is 0. The third kappa shape index (κ3) is 2.30. The van der Waals surface area contributed by atoms with Crippen molar-refractivity contribution in [2.75, 3.05) is 5.73 Å². The smallest absolute Gasteiger partial charge is 0.399 e. The number of rotatable bonds is 2. The van der Waals surface area contributed by atoms with Gasteiger partial charge in [0.15, 0.2) is 0 Å². The molecular formula is C10H11F3N2O2S. The summed E-state index contributed by atoms with van der Waals surface area (Å²) in [6, 6.07) is 3.91. The second kappa shape index (κ2) is 4.13. The molecule has 1 aliphatic carbocycles. The van der Waals surface area contributed by atoms with E-state index in [1.807, 2.05) is 0 Å². The fraction of sp³-hybridized carbons (Fsp3) is 0.400. The van der Waals surface area contributed by atoms with Gasteiger partial charge in [-0.05, 0) is 36.1 Å². The van der Waals surface area contributed by atoms with E-state index >= 15 is 0 Å². The molecule has 0 fully saturated rings. The Labute approximate surface area is 102 Å². The lowest BCUT2D eigenvalue weighted by molar-refractivity contribution is -0.0451. The maximum atomic E-state index is 12.3. The van der Waals surface area contributed by atoms with Crippen molar-refractivity contribution in [3.05, 3.63) is 29.3 Å². The summed E-state index contributed by atoms with van der Waals surface area (Å²) in [5.74, 6) is 0. The van der Waals surface area contributed by atoms with Crippen molar-refractivity contribution >= 4 is 15.7 Å². The van der Waals surface area contributed by atoms with Gasteiger partial charge in [0.25, 0.3) is 0 Å². The monoisotopic (exact) mass is 280 g/mol. The van der Waals surface area contributed by atoms with Crippen molar-refractivity contribution in [1.29, 1.82) is 0 Å². The molecule has 8 heteroatoms. The van der Waals surface area contributed by atoms with Gasteiger partial charge in [-0.15, -0.1) is 0 Å². The predicted octanol–water partition coefficient (Wildman–Crippen LogP) is 1.70. The van der Waals surface area contributed by atoms with Gasteiger partial charge in [-0.1, -0.05) is 6.07 Å². The molecule has 1 aliphatic rings. The molecular weight excluding hydrogens is 269 g/mol. The van der Waals surface area contributed by atoms with Gasteiger partial charge in [-0.2, -0.15) is 17.9 Å². The average molecular weight is 280 g/mol. The quantitative estimate of drug-likeness (QED) is 0.810. The van der Waals surface area contributed by atoms with Crippen molar-refractivity contribution in [3.8, 4) is 0 Å². The first-order valence-corrected chi connectivity index (χ1v) is 6.66. The lowest BCUT2D eigenvalue weighted by atomic mass is 10.1. The standard InChI is InChI=1S/C10H11F3N2O2S/c11-10(12,13)18(16,17)15-9-4-1-6-5-7(14)2-3-8(6)9/h2-3,5,9,15H,1,4,14H2. The number of halogens is 3. The maximum Gasteiger partial charge on any atom is 0.511 e. The number of nitrogens with one attached hydrogen (secondary N) is 1. The number of benzene rings is 1. The highest BCUT2D eigenvalue weighted by molar-refractivity contribution is 7.90. The summed E-state index contributed by atoms with van der Waals surface area (Å²) >= 11 is 0. The second-order valence-corrected chi connectivity index (χ2v) is 5.82. The third-order valence-corrected chi connectivity index (χ3v) is 4.05. The van der Waals surface area contributed by atoms with Crippen LogP contribution < -0.4 is 10.5 Å².